The van der Waals surface area contributed by atoms with Crippen molar-refractivity contribution in [1.29, 1.82) is 0 Å². The Hall–Kier alpha value is -0.270. The molecule has 1 aromatic carbocycles. The minimum absolute atomic E-state index is 0.0270. The van der Waals surface area contributed by atoms with E-state index in [9.17, 15) is 8.42 Å². The third kappa shape index (κ3) is 3.86. The van der Waals surface area contributed by atoms with E-state index < -0.39 is 10.0 Å². The molecule has 0 bridgehead atoms. The van der Waals surface area contributed by atoms with Crippen LogP contribution in [-0.2, 0) is 16.6 Å². The summed E-state index contributed by atoms with van der Waals surface area (Å²) in [5, 5.41) is 0.393. The van der Waals surface area contributed by atoms with Crippen LogP contribution in [0, 0.1) is 0 Å². The van der Waals surface area contributed by atoms with Gasteiger partial charge in [-0.2, -0.15) is 11.8 Å². The number of benzene rings is 1. The Bertz CT molecular complexity index is 543. The highest BCUT2D eigenvalue weighted by Gasteiger charge is 2.22. The first-order valence-corrected chi connectivity index (χ1v) is 9.13. The van der Waals surface area contributed by atoms with E-state index in [1.807, 2.05) is 11.8 Å². The smallest absolute Gasteiger partial charge is 0.240 e. The minimum atomic E-state index is -3.49. The van der Waals surface area contributed by atoms with Crippen molar-refractivity contribution in [2.45, 2.75) is 30.3 Å². The number of hydrogen-bond donors (Lipinski definition) is 2. The predicted octanol–water partition coefficient (Wildman–Crippen LogP) is 1.97. The van der Waals surface area contributed by atoms with Crippen LogP contribution in [0.1, 0.15) is 18.4 Å². The van der Waals surface area contributed by atoms with Crippen LogP contribution < -0.4 is 10.5 Å². The molecule has 1 aliphatic rings. The van der Waals surface area contributed by atoms with E-state index in [1.165, 1.54) is 6.07 Å². The topological polar surface area (TPSA) is 72.2 Å². The van der Waals surface area contributed by atoms with Crippen molar-refractivity contribution in [3.63, 3.8) is 0 Å². The second-order valence-electron chi connectivity index (χ2n) is 4.47. The normalized spacial score (nSPS) is 17.6. The fourth-order valence-corrected chi connectivity index (χ4v) is 4.72. The van der Waals surface area contributed by atoms with Gasteiger partial charge in [0.2, 0.25) is 10.0 Å². The maximum atomic E-state index is 12.2. The molecule has 1 saturated heterocycles. The molecule has 0 aromatic heterocycles. The van der Waals surface area contributed by atoms with Gasteiger partial charge in [0.1, 0.15) is 0 Å². The van der Waals surface area contributed by atoms with E-state index in [1.54, 1.807) is 12.1 Å². The van der Waals surface area contributed by atoms with Gasteiger partial charge in [-0.1, -0.05) is 17.7 Å². The van der Waals surface area contributed by atoms with E-state index in [4.69, 9.17) is 17.3 Å². The quantitative estimate of drug-likeness (QED) is 0.889. The molecule has 1 aromatic rings. The lowest BCUT2D eigenvalue weighted by Crippen LogP contribution is -2.37. The van der Waals surface area contributed by atoms with Crippen LogP contribution in [0.3, 0.4) is 0 Å². The van der Waals surface area contributed by atoms with E-state index in [-0.39, 0.29) is 10.9 Å². The molecule has 4 nitrogen and oxygen atoms in total. The Morgan fingerprint density at radius 2 is 2.05 bits per heavy atom. The summed E-state index contributed by atoms with van der Waals surface area (Å²) in [6, 6.07) is 4.70. The summed E-state index contributed by atoms with van der Waals surface area (Å²) in [6.07, 6.45) is 1.75. The van der Waals surface area contributed by atoms with E-state index in [0.717, 1.165) is 29.9 Å². The Labute approximate surface area is 123 Å². The summed E-state index contributed by atoms with van der Waals surface area (Å²) in [5.41, 5.74) is 6.25. The molecule has 0 radical (unpaired) electrons. The zero-order valence-electron chi connectivity index (χ0n) is 10.4. The summed E-state index contributed by atoms with van der Waals surface area (Å²) >= 11 is 7.86. The number of rotatable bonds is 4. The highest BCUT2D eigenvalue weighted by Crippen LogP contribution is 2.22. The van der Waals surface area contributed by atoms with Crippen LogP contribution in [0.15, 0.2) is 23.1 Å². The monoisotopic (exact) mass is 320 g/mol. The molecule has 106 valence electrons. The molecule has 0 saturated carbocycles. The third-order valence-corrected chi connectivity index (χ3v) is 6.02. The maximum absolute atomic E-state index is 12.2. The number of nitrogens with two attached hydrogens (primary N) is 1. The third-order valence-electron chi connectivity index (χ3n) is 3.10. The summed E-state index contributed by atoms with van der Waals surface area (Å²) in [7, 11) is -3.49. The Balaban J connectivity index is 2.16. The Morgan fingerprint density at radius 1 is 1.37 bits per heavy atom. The molecule has 0 amide bonds. The first kappa shape index (κ1) is 15.1. The first-order valence-electron chi connectivity index (χ1n) is 6.11. The van der Waals surface area contributed by atoms with Crippen molar-refractivity contribution in [2.75, 3.05) is 11.5 Å². The van der Waals surface area contributed by atoms with Crippen LogP contribution in [0.5, 0.6) is 0 Å². The number of halogens is 1. The SMILES string of the molecule is NCc1ccc(S(=O)(=O)NC2CCSCC2)cc1Cl. The summed E-state index contributed by atoms with van der Waals surface area (Å²) in [5.74, 6) is 2.00. The minimum Gasteiger partial charge on any atom is -0.326 e. The number of hydrogen-bond acceptors (Lipinski definition) is 4. The highest BCUT2D eigenvalue weighted by atomic mass is 35.5. The van der Waals surface area contributed by atoms with E-state index >= 15 is 0 Å². The van der Waals surface area contributed by atoms with Gasteiger partial charge in [-0.3, -0.25) is 0 Å². The van der Waals surface area contributed by atoms with Crippen LogP contribution in [0.4, 0.5) is 0 Å². The van der Waals surface area contributed by atoms with Crippen molar-refractivity contribution >= 4 is 33.4 Å². The molecule has 0 spiro atoms. The summed E-state index contributed by atoms with van der Waals surface area (Å²) < 4.78 is 27.2. The van der Waals surface area contributed by atoms with Gasteiger partial charge >= 0.3 is 0 Å². The molecule has 1 fully saturated rings. The summed E-state index contributed by atoms with van der Waals surface area (Å²) in [6.45, 7) is 0.298. The second-order valence-corrected chi connectivity index (χ2v) is 7.81. The van der Waals surface area contributed by atoms with Gasteiger partial charge in [0, 0.05) is 17.6 Å². The average molecular weight is 321 g/mol. The van der Waals surface area contributed by atoms with Crippen molar-refractivity contribution in [3.05, 3.63) is 28.8 Å². The molecule has 0 unspecified atom stereocenters. The van der Waals surface area contributed by atoms with Crippen LogP contribution in [0.2, 0.25) is 5.02 Å². The number of nitrogens with one attached hydrogen (secondary N) is 1. The molecular weight excluding hydrogens is 304 g/mol. The second kappa shape index (κ2) is 6.45. The lowest BCUT2D eigenvalue weighted by atomic mass is 10.2. The molecule has 19 heavy (non-hydrogen) atoms. The van der Waals surface area contributed by atoms with Gasteiger partial charge < -0.3 is 5.73 Å². The number of thioether (sulfide) groups is 1. The molecule has 2 rings (SSSR count). The molecule has 3 N–H and O–H groups in total. The van der Waals surface area contributed by atoms with Crippen LogP contribution >= 0.6 is 23.4 Å². The molecular formula is C12H17ClN2O2S2. The van der Waals surface area contributed by atoms with Gasteiger partial charge in [0.15, 0.2) is 0 Å². The van der Waals surface area contributed by atoms with Gasteiger partial charge in [0.25, 0.3) is 0 Å². The van der Waals surface area contributed by atoms with Crippen molar-refractivity contribution in [1.82, 2.24) is 4.72 Å². The molecule has 0 atom stereocenters. The zero-order valence-corrected chi connectivity index (χ0v) is 12.8. The van der Waals surface area contributed by atoms with Gasteiger partial charge in [-0.15, -0.1) is 0 Å². The van der Waals surface area contributed by atoms with Gasteiger partial charge in [0.05, 0.1) is 4.90 Å². The van der Waals surface area contributed by atoms with Crippen molar-refractivity contribution in [2.24, 2.45) is 5.73 Å². The van der Waals surface area contributed by atoms with Gasteiger partial charge in [-0.05, 0) is 42.0 Å². The van der Waals surface area contributed by atoms with Crippen molar-refractivity contribution in [3.8, 4) is 0 Å². The molecule has 0 aliphatic carbocycles. The maximum Gasteiger partial charge on any atom is 0.240 e. The fraction of sp³-hybridized carbons (Fsp3) is 0.500. The average Bonchev–Trinajstić information content (AvgIpc) is 2.39. The molecule has 1 aliphatic heterocycles. The predicted molar refractivity (Wildman–Crippen MR) is 80.0 cm³/mol. The van der Waals surface area contributed by atoms with Crippen molar-refractivity contribution < 1.29 is 8.42 Å². The van der Waals surface area contributed by atoms with Crippen LogP contribution in [0.25, 0.3) is 0 Å². The lowest BCUT2D eigenvalue weighted by molar-refractivity contribution is 0.529. The Kier molecular flexibility index (Phi) is 5.14. The zero-order chi connectivity index (χ0) is 13.9. The highest BCUT2D eigenvalue weighted by molar-refractivity contribution is 7.99. The molecule has 7 heteroatoms. The van der Waals surface area contributed by atoms with Crippen LogP contribution in [-0.4, -0.2) is 26.0 Å². The van der Waals surface area contributed by atoms with E-state index in [2.05, 4.69) is 4.72 Å². The first-order chi connectivity index (χ1) is 9.03. The molecule has 1 heterocycles. The number of sulfonamides is 1. The van der Waals surface area contributed by atoms with Gasteiger partial charge in [-0.25, -0.2) is 13.1 Å². The standard InChI is InChI=1S/C12H17ClN2O2S2/c13-12-7-11(2-1-9(12)8-14)19(16,17)15-10-3-5-18-6-4-10/h1-2,7,10,15H,3-6,8,14H2. The largest absolute Gasteiger partial charge is 0.326 e. The fourth-order valence-electron chi connectivity index (χ4n) is 1.96. The lowest BCUT2D eigenvalue weighted by Gasteiger charge is -2.22. The summed E-state index contributed by atoms with van der Waals surface area (Å²) in [4.78, 5) is 0.202. The Morgan fingerprint density at radius 3 is 2.63 bits per heavy atom. The van der Waals surface area contributed by atoms with E-state index in [0.29, 0.717) is 11.6 Å².